The van der Waals surface area contributed by atoms with Gasteiger partial charge in [-0.15, -0.1) is 0 Å². The lowest BCUT2D eigenvalue weighted by Crippen LogP contribution is -2.25. The number of benzene rings is 2. The Labute approximate surface area is 125 Å². The summed E-state index contributed by atoms with van der Waals surface area (Å²) in [5.74, 6) is 0.331. The second-order valence-electron chi connectivity index (χ2n) is 5.21. The van der Waals surface area contributed by atoms with Crippen molar-refractivity contribution in [3.8, 4) is 5.75 Å². The fourth-order valence-corrected chi connectivity index (χ4v) is 2.16. The highest BCUT2D eigenvalue weighted by Crippen LogP contribution is 2.15. The number of hydrogen-bond donors (Lipinski definition) is 2. The first kappa shape index (κ1) is 15.1. The van der Waals surface area contributed by atoms with Crippen LogP contribution in [-0.2, 0) is 17.6 Å². The van der Waals surface area contributed by atoms with E-state index in [4.69, 9.17) is 0 Å². The molecule has 0 atom stereocenters. The van der Waals surface area contributed by atoms with Crippen molar-refractivity contribution in [3.63, 3.8) is 0 Å². The molecule has 1 amide bonds. The zero-order valence-corrected chi connectivity index (χ0v) is 12.3. The molecule has 0 spiro atoms. The van der Waals surface area contributed by atoms with Crippen molar-refractivity contribution in [1.29, 1.82) is 0 Å². The maximum absolute atomic E-state index is 11.8. The number of hydrogen-bond acceptors (Lipinski definition) is 2. The van der Waals surface area contributed by atoms with Gasteiger partial charge in [-0.2, -0.15) is 0 Å². The van der Waals surface area contributed by atoms with Crippen LogP contribution in [-0.4, -0.2) is 17.6 Å². The van der Waals surface area contributed by atoms with E-state index in [1.165, 1.54) is 11.1 Å². The van der Waals surface area contributed by atoms with Gasteiger partial charge in [0.25, 0.3) is 0 Å². The van der Waals surface area contributed by atoms with Crippen LogP contribution in [0.3, 0.4) is 0 Å². The Morgan fingerprint density at radius 2 is 1.76 bits per heavy atom. The standard InChI is InChI=1S/C18H21NO2/c1-14-6-8-15(9-7-14)10-11-18(21)19-13-12-16-4-2-3-5-17(16)20/h2-9,20H,10-13H2,1H3,(H,19,21). The topological polar surface area (TPSA) is 49.3 Å². The van der Waals surface area contributed by atoms with E-state index in [9.17, 15) is 9.90 Å². The van der Waals surface area contributed by atoms with Gasteiger partial charge in [0.15, 0.2) is 0 Å². The normalized spacial score (nSPS) is 10.3. The van der Waals surface area contributed by atoms with Gasteiger partial charge < -0.3 is 10.4 Å². The zero-order chi connectivity index (χ0) is 15.1. The smallest absolute Gasteiger partial charge is 0.220 e. The third kappa shape index (κ3) is 4.95. The lowest BCUT2D eigenvalue weighted by Gasteiger charge is -2.07. The van der Waals surface area contributed by atoms with E-state index in [-0.39, 0.29) is 11.7 Å². The van der Waals surface area contributed by atoms with Gasteiger partial charge in [-0.3, -0.25) is 4.79 Å². The zero-order valence-electron chi connectivity index (χ0n) is 12.3. The molecule has 0 bridgehead atoms. The van der Waals surface area contributed by atoms with Crippen LogP contribution in [0.4, 0.5) is 0 Å². The second kappa shape index (κ2) is 7.48. The number of carbonyl (C=O) groups is 1. The van der Waals surface area contributed by atoms with Crippen LogP contribution in [0.5, 0.6) is 5.75 Å². The Balaban J connectivity index is 1.70. The molecule has 2 rings (SSSR count). The molecule has 0 fully saturated rings. The molecule has 0 saturated heterocycles. The molecule has 0 unspecified atom stereocenters. The van der Waals surface area contributed by atoms with Crippen molar-refractivity contribution in [2.24, 2.45) is 0 Å². The molecule has 0 radical (unpaired) electrons. The Hall–Kier alpha value is -2.29. The van der Waals surface area contributed by atoms with Gasteiger partial charge in [-0.1, -0.05) is 48.0 Å². The number of carbonyl (C=O) groups excluding carboxylic acids is 1. The van der Waals surface area contributed by atoms with Crippen molar-refractivity contribution < 1.29 is 9.90 Å². The van der Waals surface area contributed by atoms with Crippen LogP contribution in [0.1, 0.15) is 23.1 Å². The van der Waals surface area contributed by atoms with Crippen LogP contribution in [0.15, 0.2) is 48.5 Å². The van der Waals surface area contributed by atoms with Gasteiger partial charge in [-0.05, 0) is 37.0 Å². The molecule has 0 heterocycles. The molecule has 2 aromatic rings. The minimum absolute atomic E-state index is 0.0472. The molecule has 2 N–H and O–H groups in total. The van der Waals surface area contributed by atoms with Crippen LogP contribution in [0.2, 0.25) is 0 Å². The summed E-state index contributed by atoms with van der Waals surface area (Å²) in [6.45, 7) is 2.60. The van der Waals surface area contributed by atoms with Crippen molar-refractivity contribution in [3.05, 3.63) is 65.2 Å². The van der Waals surface area contributed by atoms with Crippen molar-refractivity contribution in [2.75, 3.05) is 6.54 Å². The summed E-state index contributed by atoms with van der Waals surface area (Å²) in [5, 5.41) is 12.5. The van der Waals surface area contributed by atoms with E-state index in [1.807, 2.05) is 12.1 Å². The van der Waals surface area contributed by atoms with Gasteiger partial charge in [-0.25, -0.2) is 0 Å². The largest absolute Gasteiger partial charge is 0.508 e. The van der Waals surface area contributed by atoms with Gasteiger partial charge in [0, 0.05) is 13.0 Å². The molecule has 0 aromatic heterocycles. The molecule has 3 nitrogen and oxygen atoms in total. The molecular formula is C18H21NO2. The average Bonchev–Trinajstić information content (AvgIpc) is 2.49. The Kier molecular flexibility index (Phi) is 5.38. The average molecular weight is 283 g/mol. The van der Waals surface area contributed by atoms with E-state index in [1.54, 1.807) is 12.1 Å². The van der Waals surface area contributed by atoms with Gasteiger partial charge >= 0.3 is 0 Å². The predicted molar refractivity (Wildman–Crippen MR) is 84.3 cm³/mol. The summed E-state index contributed by atoms with van der Waals surface area (Å²) >= 11 is 0. The number of phenolic OH excluding ortho intramolecular Hbond substituents is 1. The number of para-hydroxylation sites is 1. The molecule has 3 heteroatoms. The summed E-state index contributed by atoms with van der Waals surface area (Å²) in [4.78, 5) is 11.8. The highest BCUT2D eigenvalue weighted by Gasteiger charge is 2.03. The highest BCUT2D eigenvalue weighted by atomic mass is 16.3. The molecule has 21 heavy (non-hydrogen) atoms. The van der Waals surface area contributed by atoms with E-state index in [0.717, 1.165) is 12.0 Å². The number of rotatable bonds is 6. The predicted octanol–water partition coefficient (Wildman–Crippen LogP) is 2.99. The SMILES string of the molecule is Cc1ccc(CCC(=O)NCCc2ccccc2O)cc1. The number of amides is 1. The van der Waals surface area contributed by atoms with E-state index >= 15 is 0 Å². The summed E-state index contributed by atoms with van der Waals surface area (Å²) in [6.07, 6.45) is 1.88. The second-order valence-corrected chi connectivity index (χ2v) is 5.21. The third-order valence-corrected chi connectivity index (χ3v) is 3.47. The van der Waals surface area contributed by atoms with E-state index < -0.39 is 0 Å². The maximum atomic E-state index is 11.8. The molecule has 0 aliphatic carbocycles. The van der Waals surface area contributed by atoms with Gasteiger partial charge in [0.1, 0.15) is 5.75 Å². The Morgan fingerprint density at radius 3 is 2.48 bits per heavy atom. The summed E-state index contributed by atoms with van der Waals surface area (Å²) in [6, 6.07) is 15.4. The fourth-order valence-electron chi connectivity index (χ4n) is 2.16. The van der Waals surface area contributed by atoms with Crippen LogP contribution in [0.25, 0.3) is 0 Å². The first-order valence-corrected chi connectivity index (χ1v) is 7.24. The molecule has 2 aromatic carbocycles. The van der Waals surface area contributed by atoms with Gasteiger partial charge in [0.05, 0.1) is 0 Å². The third-order valence-electron chi connectivity index (χ3n) is 3.47. The number of aryl methyl sites for hydroxylation is 2. The number of nitrogens with one attached hydrogen (secondary N) is 1. The van der Waals surface area contributed by atoms with Crippen LogP contribution < -0.4 is 5.32 Å². The van der Waals surface area contributed by atoms with Gasteiger partial charge in [0.2, 0.25) is 5.91 Å². The monoisotopic (exact) mass is 283 g/mol. The molecule has 110 valence electrons. The fraction of sp³-hybridized carbons (Fsp3) is 0.278. The Morgan fingerprint density at radius 1 is 1.05 bits per heavy atom. The van der Waals surface area contributed by atoms with Crippen molar-refractivity contribution >= 4 is 5.91 Å². The minimum Gasteiger partial charge on any atom is -0.508 e. The summed E-state index contributed by atoms with van der Waals surface area (Å²) in [5.41, 5.74) is 3.26. The lowest BCUT2D eigenvalue weighted by molar-refractivity contribution is -0.121. The Bertz CT molecular complexity index is 590. The van der Waals surface area contributed by atoms with Crippen molar-refractivity contribution in [1.82, 2.24) is 5.32 Å². The van der Waals surface area contributed by atoms with Crippen LogP contribution >= 0.6 is 0 Å². The number of aromatic hydroxyl groups is 1. The summed E-state index contributed by atoms with van der Waals surface area (Å²) in [7, 11) is 0. The van der Waals surface area contributed by atoms with E-state index in [0.29, 0.717) is 19.4 Å². The number of phenols is 1. The molecular weight excluding hydrogens is 262 g/mol. The van der Waals surface area contributed by atoms with E-state index in [2.05, 4.69) is 36.5 Å². The highest BCUT2D eigenvalue weighted by molar-refractivity contribution is 5.76. The maximum Gasteiger partial charge on any atom is 0.220 e. The lowest BCUT2D eigenvalue weighted by atomic mass is 10.1. The molecule has 0 aliphatic heterocycles. The minimum atomic E-state index is 0.0472. The van der Waals surface area contributed by atoms with Crippen molar-refractivity contribution in [2.45, 2.75) is 26.2 Å². The summed E-state index contributed by atoms with van der Waals surface area (Å²) < 4.78 is 0. The molecule has 0 aliphatic rings. The quantitative estimate of drug-likeness (QED) is 0.856. The molecule has 0 saturated carbocycles. The van der Waals surface area contributed by atoms with Crippen LogP contribution in [0, 0.1) is 6.92 Å². The first-order valence-electron chi connectivity index (χ1n) is 7.24. The first-order chi connectivity index (χ1) is 10.1.